The highest BCUT2D eigenvalue weighted by atomic mass is 15.1. The van der Waals surface area contributed by atoms with Crippen LogP contribution in [0.5, 0.6) is 0 Å². The molecule has 0 spiro atoms. The zero-order valence-corrected chi connectivity index (χ0v) is 32.8. The molecule has 12 rings (SSSR count). The van der Waals surface area contributed by atoms with Crippen LogP contribution in [0.3, 0.4) is 0 Å². The van der Waals surface area contributed by atoms with Gasteiger partial charge in [0.2, 0.25) is 11.7 Å². The molecule has 1 aliphatic heterocycles. The van der Waals surface area contributed by atoms with Crippen LogP contribution in [0.15, 0.2) is 170 Å². The van der Waals surface area contributed by atoms with Crippen LogP contribution < -0.4 is 9.47 Å². The summed E-state index contributed by atoms with van der Waals surface area (Å²) in [7, 11) is 0. The Bertz CT molecular complexity index is 2680. The van der Waals surface area contributed by atoms with E-state index >= 15 is 0 Å². The molecular formula is C56H45N2+. The lowest BCUT2D eigenvalue weighted by Crippen LogP contribution is -2.37. The molecule has 2 heterocycles. The minimum Gasteiger partial charge on any atom is -0.310 e. The predicted molar refractivity (Wildman–Crippen MR) is 239 cm³/mol. The van der Waals surface area contributed by atoms with Gasteiger partial charge in [0.25, 0.3) is 0 Å². The molecule has 1 aromatic heterocycles. The van der Waals surface area contributed by atoms with Gasteiger partial charge in [-0.3, -0.25) is 0 Å². The van der Waals surface area contributed by atoms with Crippen molar-refractivity contribution in [2.45, 2.75) is 57.4 Å². The van der Waals surface area contributed by atoms with Crippen LogP contribution in [0.25, 0.3) is 55.8 Å². The van der Waals surface area contributed by atoms with E-state index in [1.165, 1.54) is 104 Å². The molecule has 0 N–H and O–H groups in total. The number of nitrogens with zero attached hydrogens (tertiary/aromatic N) is 2. The summed E-state index contributed by atoms with van der Waals surface area (Å²) in [5, 5.41) is 0. The molecular weight excluding hydrogens is 701 g/mol. The number of anilines is 3. The molecule has 0 bridgehead atoms. The van der Waals surface area contributed by atoms with E-state index in [2.05, 4.69) is 179 Å². The second kappa shape index (κ2) is 13.6. The third-order valence-corrected chi connectivity index (χ3v) is 13.5. The van der Waals surface area contributed by atoms with Crippen molar-refractivity contribution in [3.05, 3.63) is 203 Å². The molecule has 0 fully saturated rings. The molecule has 0 amide bonds. The fraction of sp³-hybridized carbons (Fsp3) is 0.161. The molecule has 8 aromatic rings. The van der Waals surface area contributed by atoms with Gasteiger partial charge < -0.3 is 4.90 Å². The Morgan fingerprint density at radius 3 is 1.52 bits per heavy atom. The predicted octanol–water partition coefficient (Wildman–Crippen LogP) is 13.8. The molecule has 4 aliphatic rings. The van der Waals surface area contributed by atoms with E-state index in [0.29, 0.717) is 0 Å². The summed E-state index contributed by atoms with van der Waals surface area (Å²) in [4.78, 5) is 2.64. The fourth-order valence-electron chi connectivity index (χ4n) is 11.0. The lowest BCUT2D eigenvalue weighted by molar-refractivity contribution is -0.688. The maximum atomic E-state index is 2.64. The Kier molecular flexibility index (Phi) is 7.86. The first kappa shape index (κ1) is 33.6. The average molecular weight is 746 g/mol. The van der Waals surface area contributed by atoms with Crippen molar-refractivity contribution >= 4 is 17.1 Å². The summed E-state index contributed by atoms with van der Waals surface area (Å²) < 4.78 is 2.52. The first-order chi connectivity index (χ1) is 28.8. The van der Waals surface area contributed by atoms with Crippen LogP contribution in [-0.4, -0.2) is 0 Å². The average Bonchev–Trinajstić information content (AvgIpc) is 3.82. The lowest BCUT2D eigenvalue weighted by atomic mass is 9.75. The van der Waals surface area contributed by atoms with Crippen molar-refractivity contribution in [1.29, 1.82) is 0 Å². The molecule has 7 aromatic carbocycles. The van der Waals surface area contributed by atoms with Gasteiger partial charge in [0.15, 0.2) is 6.20 Å². The summed E-state index contributed by atoms with van der Waals surface area (Å²) in [6.45, 7) is 0. The molecule has 278 valence electrons. The van der Waals surface area contributed by atoms with Crippen LogP contribution in [0.2, 0.25) is 0 Å². The molecule has 58 heavy (non-hydrogen) atoms. The number of aromatic nitrogens is 1. The van der Waals surface area contributed by atoms with E-state index in [9.17, 15) is 0 Å². The van der Waals surface area contributed by atoms with Gasteiger partial charge in [-0.05, 0) is 161 Å². The van der Waals surface area contributed by atoms with E-state index in [4.69, 9.17) is 0 Å². The third-order valence-electron chi connectivity index (χ3n) is 13.5. The van der Waals surface area contributed by atoms with Gasteiger partial charge in [0, 0.05) is 34.6 Å². The molecule has 2 nitrogen and oxygen atoms in total. The zero-order chi connectivity index (χ0) is 38.2. The number of pyridine rings is 1. The van der Waals surface area contributed by atoms with Crippen LogP contribution in [0.4, 0.5) is 17.1 Å². The number of hydrogen-bond donors (Lipinski definition) is 0. The van der Waals surface area contributed by atoms with Gasteiger partial charge >= 0.3 is 0 Å². The Hall–Kier alpha value is -6.51. The van der Waals surface area contributed by atoms with Gasteiger partial charge in [-0.2, -0.15) is 4.57 Å². The van der Waals surface area contributed by atoms with E-state index < -0.39 is 0 Å². The van der Waals surface area contributed by atoms with Gasteiger partial charge in [0.05, 0.1) is 11.3 Å². The van der Waals surface area contributed by atoms with Crippen LogP contribution in [0.1, 0.15) is 65.1 Å². The standard InChI is InChI=1S/C56H45N2/c1-3-15-37(16-4-1)39-26-30-42(31-27-39)58(43-32-28-40(29-33-43)38-17-5-2-6-18-38)55-48-23-11-8-20-45(48)53(46-21-9-12-24-49(46)55)41-35-50-44-19-7-10-22-47(44)56-54(50)51(36-41)52-25-13-14-34-57(52)56/h1-7,10,13-19,22,25-36,56H,8-9,11-12,20-21,23-24H2/q+1. The monoisotopic (exact) mass is 745 g/mol. The van der Waals surface area contributed by atoms with Crippen molar-refractivity contribution in [3.8, 4) is 55.8 Å². The second-order valence-electron chi connectivity index (χ2n) is 16.7. The minimum atomic E-state index is 0.256. The van der Waals surface area contributed by atoms with Crippen LogP contribution in [0, 0.1) is 0 Å². The second-order valence-corrected chi connectivity index (χ2v) is 16.7. The topological polar surface area (TPSA) is 7.12 Å². The third kappa shape index (κ3) is 5.21. The Labute approximate surface area is 341 Å². The molecule has 1 atom stereocenters. The van der Waals surface area contributed by atoms with Crippen molar-refractivity contribution in [2.24, 2.45) is 0 Å². The minimum absolute atomic E-state index is 0.256. The zero-order valence-electron chi connectivity index (χ0n) is 32.8. The molecule has 0 saturated carbocycles. The van der Waals surface area contributed by atoms with Crippen molar-refractivity contribution < 1.29 is 4.57 Å². The highest BCUT2D eigenvalue weighted by Gasteiger charge is 2.45. The number of rotatable bonds is 6. The van der Waals surface area contributed by atoms with Crippen LogP contribution >= 0.6 is 0 Å². The van der Waals surface area contributed by atoms with Gasteiger partial charge in [0.1, 0.15) is 0 Å². The summed E-state index contributed by atoms with van der Waals surface area (Å²) in [5.41, 5.74) is 26.6. The highest BCUT2D eigenvalue weighted by molar-refractivity contribution is 5.94. The fourth-order valence-corrected chi connectivity index (χ4v) is 11.0. The SMILES string of the molecule is c1ccc(-c2ccc(N(c3ccc(-c4ccccc4)cc3)c3c4c(c(-c5cc6c7c(c5)-c5cccc[n+]5C7c5ccccc5-6)c5c3CCCC5)CCCC4)cc2)cc1. The molecule has 0 saturated heterocycles. The number of fused-ring (bicyclic) bond motifs is 8. The Balaban J connectivity index is 1.09. The maximum absolute atomic E-state index is 2.64. The summed E-state index contributed by atoms with van der Waals surface area (Å²) >= 11 is 0. The van der Waals surface area contributed by atoms with E-state index in [-0.39, 0.29) is 6.04 Å². The number of benzene rings is 7. The van der Waals surface area contributed by atoms with E-state index in [1.807, 2.05) is 0 Å². The molecule has 0 radical (unpaired) electrons. The highest BCUT2D eigenvalue weighted by Crippen LogP contribution is 2.55. The van der Waals surface area contributed by atoms with E-state index in [1.54, 1.807) is 27.8 Å². The first-order valence-electron chi connectivity index (χ1n) is 21.4. The van der Waals surface area contributed by atoms with Crippen LogP contribution in [-0.2, 0) is 25.7 Å². The van der Waals surface area contributed by atoms with Crippen molar-refractivity contribution in [1.82, 2.24) is 0 Å². The van der Waals surface area contributed by atoms with Crippen molar-refractivity contribution in [2.75, 3.05) is 4.90 Å². The quantitative estimate of drug-likeness (QED) is 0.154. The largest absolute Gasteiger partial charge is 0.310 e. The summed E-state index contributed by atoms with van der Waals surface area (Å²) in [5.74, 6) is 0. The maximum Gasteiger partial charge on any atom is 0.213 e. The Morgan fingerprint density at radius 2 is 0.914 bits per heavy atom. The smallest absolute Gasteiger partial charge is 0.213 e. The number of hydrogen-bond acceptors (Lipinski definition) is 1. The molecule has 1 unspecified atom stereocenters. The van der Waals surface area contributed by atoms with E-state index in [0.717, 1.165) is 25.7 Å². The molecule has 2 heteroatoms. The van der Waals surface area contributed by atoms with Gasteiger partial charge in [-0.1, -0.05) is 109 Å². The summed E-state index contributed by atoms with van der Waals surface area (Å²) in [6, 6.07) is 61.6. The normalized spacial score (nSPS) is 15.6. The lowest BCUT2D eigenvalue weighted by Gasteiger charge is -2.37. The summed E-state index contributed by atoms with van der Waals surface area (Å²) in [6.07, 6.45) is 11.7. The molecule has 3 aliphatic carbocycles. The van der Waals surface area contributed by atoms with Gasteiger partial charge in [-0.25, -0.2) is 0 Å². The first-order valence-corrected chi connectivity index (χ1v) is 21.4. The van der Waals surface area contributed by atoms with Gasteiger partial charge in [-0.15, -0.1) is 0 Å². The Morgan fingerprint density at radius 1 is 0.414 bits per heavy atom. The van der Waals surface area contributed by atoms with Crippen molar-refractivity contribution in [3.63, 3.8) is 0 Å².